The molecule has 4 aliphatic heterocycles. The summed E-state index contributed by atoms with van der Waals surface area (Å²) in [5.74, 6) is 1.17. The summed E-state index contributed by atoms with van der Waals surface area (Å²) in [6.45, 7) is 8.66. The van der Waals surface area contributed by atoms with Gasteiger partial charge in [0.05, 0.1) is 18.0 Å². The Bertz CT molecular complexity index is 2300. The molecular weight excluding hydrogens is 719 g/mol. The van der Waals surface area contributed by atoms with Crippen LogP contribution in [0.5, 0.6) is 5.88 Å². The number of nitrogens with zero attached hydrogens (tertiary/aromatic N) is 6. The molecule has 3 fully saturated rings. The van der Waals surface area contributed by atoms with Crippen molar-refractivity contribution in [1.29, 1.82) is 0 Å². The van der Waals surface area contributed by atoms with Crippen LogP contribution in [0, 0.1) is 6.92 Å². The van der Waals surface area contributed by atoms with E-state index in [-0.39, 0.29) is 23.6 Å². The third-order valence-corrected chi connectivity index (χ3v) is 12.0. The lowest BCUT2D eigenvalue weighted by Gasteiger charge is -2.38. The van der Waals surface area contributed by atoms with Gasteiger partial charge in [0.2, 0.25) is 29.5 Å². The van der Waals surface area contributed by atoms with Crippen molar-refractivity contribution in [3.8, 4) is 17.0 Å². The zero-order valence-corrected chi connectivity index (χ0v) is 32.2. The first-order chi connectivity index (χ1) is 27.8. The number of hydrogen-bond acceptors (Lipinski definition) is 11. The van der Waals surface area contributed by atoms with Crippen molar-refractivity contribution in [2.75, 3.05) is 74.5 Å². The van der Waals surface area contributed by atoms with Crippen LogP contribution in [-0.2, 0) is 14.4 Å². The van der Waals surface area contributed by atoms with Crippen LogP contribution in [0.15, 0.2) is 79.1 Å². The number of carbonyl (C=O) groups is 3. The smallest absolute Gasteiger partial charge is 0.237 e. The van der Waals surface area contributed by atoms with Crippen molar-refractivity contribution in [3.63, 3.8) is 0 Å². The second kappa shape index (κ2) is 15.8. The first-order valence-corrected chi connectivity index (χ1v) is 20.0. The topological polar surface area (TPSA) is 145 Å². The SMILES string of the molecule is Cc1c(-c2ccc3cnc(Nc4ccc(N5CCN(C(=O)CN6CCC(c7ccc(C8CCC(=O)NC8=O)cc7)CC6)CC5)cc4)nc3c2)cnc2c1NCCO2. The van der Waals surface area contributed by atoms with Crippen LogP contribution < -0.4 is 25.6 Å². The molecular formula is C44H47N9O4. The average molecular weight is 766 g/mol. The quantitative estimate of drug-likeness (QED) is 0.170. The molecule has 13 nitrogen and oxygen atoms in total. The number of ether oxygens (including phenoxy) is 1. The van der Waals surface area contributed by atoms with Gasteiger partial charge in [0.25, 0.3) is 0 Å². The highest BCUT2D eigenvalue weighted by Gasteiger charge is 2.29. The Morgan fingerprint density at radius 2 is 1.65 bits per heavy atom. The summed E-state index contributed by atoms with van der Waals surface area (Å²) < 4.78 is 5.71. The van der Waals surface area contributed by atoms with E-state index in [1.54, 1.807) is 0 Å². The van der Waals surface area contributed by atoms with Crippen LogP contribution in [-0.4, -0.2) is 101 Å². The number of amides is 3. The van der Waals surface area contributed by atoms with E-state index in [2.05, 4.69) is 79.0 Å². The van der Waals surface area contributed by atoms with Crippen LogP contribution in [0.25, 0.3) is 22.0 Å². The highest BCUT2D eigenvalue weighted by atomic mass is 16.5. The van der Waals surface area contributed by atoms with Gasteiger partial charge in [-0.1, -0.05) is 36.4 Å². The van der Waals surface area contributed by atoms with Gasteiger partial charge in [-0.3, -0.25) is 24.6 Å². The second-order valence-corrected chi connectivity index (χ2v) is 15.5. The minimum Gasteiger partial charge on any atom is -0.474 e. The summed E-state index contributed by atoms with van der Waals surface area (Å²) in [6.07, 6.45) is 6.65. The third kappa shape index (κ3) is 7.84. The lowest BCUT2D eigenvalue weighted by Crippen LogP contribution is -2.51. The van der Waals surface area contributed by atoms with Crippen LogP contribution in [0.2, 0.25) is 0 Å². The summed E-state index contributed by atoms with van der Waals surface area (Å²) in [5, 5.41) is 10.2. The fraction of sp³-hybridized carbons (Fsp3) is 0.364. The number of anilines is 4. The molecule has 6 heterocycles. The fourth-order valence-corrected chi connectivity index (χ4v) is 8.59. The molecule has 57 heavy (non-hydrogen) atoms. The number of fused-ring (bicyclic) bond motifs is 2. The molecule has 0 saturated carbocycles. The van der Waals surface area contributed by atoms with Gasteiger partial charge >= 0.3 is 0 Å². The van der Waals surface area contributed by atoms with Crippen molar-refractivity contribution in [1.82, 2.24) is 30.1 Å². The Morgan fingerprint density at radius 3 is 2.42 bits per heavy atom. The highest BCUT2D eigenvalue weighted by molar-refractivity contribution is 6.01. The Kier molecular flexibility index (Phi) is 10.1. The summed E-state index contributed by atoms with van der Waals surface area (Å²) >= 11 is 0. The maximum atomic E-state index is 13.3. The number of rotatable bonds is 8. The number of benzene rings is 3. The number of hydrogen-bond donors (Lipinski definition) is 3. The Labute approximate surface area is 331 Å². The maximum Gasteiger partial charge on any atom is 0.237 e. The molecule has 3 saturated heterocycles. The zero-order valence-electron chi connectivity index (χ0n) is 32.2. The second-order valence-electron chi connectivity index (χ2n) is 15.5. The number of imide groups is 1. The van der Waals surface area contributed by atoms with Gasteiger partial charge in [-0.2, -0.15) is 0 Å². The summed E-state index contributed by atoms with van der Waals surface area (Å²) in [4.78, 5) is 57.7. The van der Waals surface area contributed by atoms with Crippen molar-refractivity contribution < 1.29 is 19.1 Å². The van der Waals surface area contributed by atoms with Gasteiger partial charge in [-0.05, 0) is 97.8 Å². The monoisotopic (exact) mass is 765 g/mol. The molecule has 13 heteroatoms. The van der Waals surface area contributed by atoms with E-state index in [0.29, 0.717) is 56.8 Å². The highest BCUT2D eigenvalue weighted by Crippen LogP contribution is 2.36. The minimum atomic E-state index is -0.258. The van der Waals surface area contributed by atoms with E-state index < -0.39 is 0 Å². The molecule has 292 valence electrons. The standard InChI is InChI=1S/C44H47N9O4/c1-28-37(26-46-43-41(28)45-16-23-57-43)32-6-7-33-25-47-44(49-38(33)24-32)48-34-8-10-35(11-9-34)52-19-21-53(22-20-52)40(55)27-51-17-14-30(15-18-51)29-2-4-31(5-3-29)36-12-13-39(54)50-42(36)56/h2-11,24-26,30,36,45H,12-23,27H2,1H3,(H,47,48,49)(H,50,54,56). The van der Waals surface area contributed by atoms with Crippen LogP contribution >= 0.6 is 0 Å². The van der Waals surface area contributed by atoms with E-state index in [1.807, 2.05) is 47.6 Å². The van der Waals surface area contributed by atoms with Crippen molar-refractivity contribution in [2.24, 2.45) is 0 Å². The van der Waals surface area contributed by atoms with Crippen LogP contribution in [0.4, 0.5) is 23.0 Å². The summed E-state index contributed by atoms with van der Waals surface area (Å²) in [5.41, 5.74) is 9.22. The number of pyridine rings is 1. The Balaban J connectivity index is 0.744. The maximum absolute atomic E-state index is 13.3. The van der Waals surface area contributed by atoms with Gasteiger partial charge in [0.15, 0.2) is 0 Å². The molecule has 2 aromatic heterocycles. The third-order valence-electron chi connectivity index (χ3n) is 12.0. The molecule has 9 rings (SSSR count). The molecule has 0 bridgehead atoms. The summed E-state index contributed by atoms with van der Waals surface area (Å²) in [7, 11) is 0. The van der Waals surface area contributed by atoms with E-state index in [0.717, 1.165) is 95.8 Å². The van der Waals surface area contributed by atoms with Crippen molar-refractivity contribution in [3.05, 3.63) is 95.8 Å². The molecule has 1 atom stereocenters. The molecule has 1 unspecified atom stereocenters. The number of likely N-dealkylation sites (tertiary alicyclic amines) is 1. The average Bonchev–Trinajstić information content (AvgIpc) is 3.24. The van der Waals surface area contributed by atoms with Crippen molar-refractivity contribution >= 4 is 51.6 Å². The summed E-state index contributed by atoms with van der Waals surface area (Å²) in [6, 6.07) is 22.8. The number of aromatic nitrogens is 3. The lowest BCUT2D eigenvalue weighted by molar-refractivity contribution is -0.134. The zero-order chi connectivity index (χ0) is 38.9. The van der Waals surface area contributed by atoms with E-state index >= 15 is 0 Å². The van der Waals surface area contributed by atoms with E-state index in [4.69, 9.17) is 9.72 Å². The molecule has 3 N–H and O–H groups in total. The van der Waals surface area contributed by atoms with Gasteiger partial charge < -0.3 is 25.2 Å². The predicted molar refractivity (Wildman–Crippen MR) is 220 cm³/mol. The number of piperazine rings is 1. The number of carbonyl (C=O) groups excluding carboxylic acids is 3. The Hall–Kier alpha value is -6.08. The van der Waals surface area contributed by atoms with Crippen LogP contribution in [0.3, 0.4) is 0 Å². The van der Waals surface area contributed by atoms with Gasteiger partial charge in [0.1, 0.15) is 12.3 Å². The van der Waals surface area contributed by atoms with E-state index in [9.17, 15) is 14.4 Å². The van der Waals surface area contributed by atoms with Crippen molar-refractivity contribution in [2.45, 2.75) is 44.4 Å². The molecule has 3 amide bonds. The first kappa shape index (κ1) is 36.6. The fourth-order valence-electron chi connectivity index (χ4n) is 8.59. The number of piperidine rings is 2. The van der Waals surface area contributed by atoms with Gasteiger partial charge in [0, 0.05) is 73.9 Å². The normalized spacial score (nSPS) is 19.1. The molecule has 0 radical (unpaired) electrons. The van der Waals surface area contributed by atoms with Crippen LogP contribution in [0.1, 0.15) is 54.2 Å². The first-order valence-electron chi connectivity index (χ1n) is 20.0. The molecule has 0 aliphatic carbocycles. The largest absolute Gasteiger partial charge is 0.474 e. The molecule has 3 aromatic carbocycles. The Morgan fingerprint density at radius 1 is 0.877 bits per heavy atom. The number of nitrogens with one attached hydrogen (secondary N) is 3. The van der Waals surface area contributed by atoms with E-state index in [1.165, 1.54) is 5.56 Å². The predicted octanol–water partition coefficient (Wildman–Crippen LogP) is 5.60. The molecule has 4 aliphatic rings. The molecule has 0 spiro atoms. The minimum absolute atomic E-state index is 0.189. The van der Waals surface area contributed by atoms with Gasteiger partial charge in [-0.25, -0.2) is 15.0 Å². The lowest BCUT2D eigenvalue weighted by atomic mass is 9.86. The molecule has 5 aromatic rings. The van der Waals surface area contributed by atoms with Gasteiger partial charge in [-0.15, -0.1) is 0 Å².